The highest BCUT2D eigenvalue weighted by Crippen LogP contribution is 2.23. The first-order chi connectivity index (χ1) is 8.02. The van der Waals surface area contributed by atoms with Gasteiger partial charge >= 0.3 is 0 Å². The fraction of sp³-hybridized carbons (Fsp3) is 0.500. The number of hydrogen-bond donors (Lipinski definition) is 2. The number of nitrogens with two attached hydrogens (primary N) is 1. The van der Waals surface area contributed by atoms with E-state index in [1.54, 1.807) is 0 Å². The van der Waals surface area contributed by atoms with E-state index >= 15 is 0 Å². The Morgan fingerprint density at radius 3 is 2.41 bits per heavy atom. The van der Waals surface area contributed by atoms with Crippen LogP contribution in [0.1, 0.15) is 32.8 Å². The quantitative estimate of drug-likeness (QED) is 0.816. The van der Waals surface area contributed by atoms with Crippen molar-refractivity contribution in [3.05, 3.63) is 35.9 Å². The van der Waals surface area contributed by atoms with Crippen molar-refractivity contribution in [2.24, 2.45) is 5.73 Å². The van der Waals surface area contributed by atoms with Crippen molar-refractivity contribution in [2.75, 3.05) is 6.54 Å². The molecule has 1 atom stereocenters. The van der Waals surface area contributed by atoms with E-state index in [4.69, 9.17) is 5.73 Å². The van der Waals surface area contributed by atoms with Gasteiger partial charge in [-0.05, 0) is 25.8 Å². The Labute approximate surface area is 103 Å². The highest BCUT2D eigenvalue weighted by molar-refractivity contribution is 5.87. The Kier molecular flexibility index (Phi) is 4.70. The number of amides is 1. The summed E-state index contributed by atoms with van der Waals surface area (Å²) in [6.45, 7) is 6.36. The molecule has 3 heteroatoms. The van der Waals surface area contributed by atoms with Gasteiger partial charge in [0.25, 0.3) is 0 Å². The zero-order valence-corrected chi connectivity index (χ0v) is 10.9. The van der Waals surface area contributed by atoms with E-state index in [9.17, 15) is 4.79 Å². The van der Waals surface area contributed by atoms with Gasteiger partial charge in [-0.1, -0.05) is 37.3 Å². The molecule has 0 heterocycles. The van der Waals surface area contributed by atoms with Crippen LogP contribution in [0.25, 0.3) is 0 Å². The topological polar surface area (TPSA) is 55.1 Å². The Hall–Kier alpha value is -1.35. The number of nitrogens with one attached hydrogen (secondary N) is 1. The first kappa shape index (κ1) is 13.7. The summed E-state index contributed by atoms with van der Waals surface area (Å²) < 4.78 is 0. The molecule has 3 N–H and O–H groups in total. The highest BCUT2D eigenvalue weighted by Gasteiger charge is 2.30. The van der Waals surface area contributed by atoms with Gasteiger partial charge in [-0.15, -0.1) is 0 Å². The van der Waals surface area contributed by atoms with E-state index in [0.29, 0.717) is 6.54 Å². The second kappa shape index (κ2) is 5.82. The van der Waals surface area contributed by atoms with Crippen LogP contribution in [0.2, 0.25) is 0 Å². The van der Waals surface area contributed by atoms with Crippen molar-refractivity contribution >= 4 is 5.91 Å². The summed E-state index contributed by atoms with van der Waals surface area (Å²) in [7, 11) is 0. The van der Waals surface area contributed by atoms with Crippen molar-refractivity contribution in [3.63, 3.8) is 0 Å². The maximum Gasteiger partial charge on any atom is 0.230 e. The first-order valence-electron chi connectivity index (χ1n) is 6.09. The van der Waals surface area contributed by atoms with Crippen LogP contribution in [-0.4, -0.2) is 18.5 Å². The Balaban J connectivity index is 2.80. The number of rotatable bonds is 5. The summed E-state index contributed by atoms with van der Waals surface area (Å²) in [5.74, 6) is 0.0287. The zero-order chi connectivity index (χ0) is 12.9. The third-order valence-electron chi connectivity index (χ3n) is 3.18. The van der Waals surface area contributed by atoms with E-state index in [2.05, 4.69) is 5.32 Å². The Morgan fingerprint density at radius 2 is 1.94 bits per heavy atom. The Bertz CT molecular complexity index is 356. The molecule has 0 aromatic heterocycles. The molecule has 0 fully saturated rings. The summed E-state index contributed by atoms with van der Waals surface area (Å²) in [5, 5.41) is 2.99. The molecule has 0 saturated heterocycles. The summed E-state index contributed by atoms with van der Waals surface area (Å²) >= 11 is 0. The largest absolute Gasteiger partial charge is 0.351 e. The minimum atomic E-state index is -0.524. The van der Waals surface area contributed by atoms with Crippen molar-refractivity contribution in [1.82, 2.24) is 5.32 Å². The molecule has 1 amide bonds. The molecule has 1 aromatic carbocycles. The van der Waals surface area contributed by atoms with Crippen LogP contribution in [0.15, 0.2) is 30.3 Å². The van der Waals surface area contributed by atoms with Gasteiger partial charge in [0.15, 0.2) is 0 Å². The molecule has 0 aliphatic heterocycles. The molecular formula is C14H22N2O. The van der Waals surface area contributed by atoms with Gasteiger partial charge in [0.05, 0.1) is 5.41 Å². The second-order valence-corrected chi connectivity index (χ2v) is 4.81. The van der Waals surface area contributed by atoms with Crippen molar-refractivity contribution in [1.29, 1.82) is 0 Å². The highest BCUT2D eigenvalue weighted by atomic mass is 16.2. The molecule has 0 radical (unpaired) electrons. The molecule has 0 bridgehead atoms. The zero-order valence-electron chi connectivity index (χ0n) is 10.9. The minimum Gasteiger partial charge on any atom is -0.351 e. The van der Waals surface area contributed by atoms with Crippen LogP contribution in [-0.2, 0) is 10.2 Å². The lowest BCUT2D eigenvalue weighted by Gasteiger charge is -2.27. The van der Waals surface area contributed by atoms with E-state index < -0.39 is 5.41 Å². The van der Waals surface area contributed by atoms with Crippen molar-refractivity contribution in [2.45, 2.75) is 38.6 Å². The van der Waals surface area contributed by atoms with Crippen LogP contribution in [0.4, 0.5) is 0 Å². The molecule has 1 unspecified atom stereocenters. The van der Waals surface area contributed by atoms with Crippen LogP contribution >= 0.6 is 0 Å². The molecule has 0 aliphatic rings. The molecule has 3 nitrogen and oxygen atoms in total. The number of benzene rings is 1. The normalized spacial score (nSPS) is 13.2. The molecule has 0 saturated carbocycles. The average Bonchev–Trinajstić information content (AvgIpc) is 2.36. The van der Waals surface area contributed by atoms with E-state index in [1.165, 1.54) is 0 Å². The maximum absolute atomic E-state index is 12.2. The lowest BCUT2D eigenvalue weighted by molar-refractivity contribution is -0.126. The van der Waals surface area contributed by atoms with Crippen LogP contribution < -0.4 is 11.1 Å². The van der Waals surface area contributed by atoms with Crippen LogP contribution in [0.3, 0.4) is 0 Å². The Morgan fingerprint density at radius 1 is 1.35 bits per heavy atom. The number of hydrogen-bond acceptors (Lipinski definition) is 2. The third kappa shape index (κ3) is 3.30. The lowest BCUT2D eigenvalue weighted by atomic mass is 9.83. The molecular weight excluding hydrogens is 212 g/mol. The molecule has 0 spiro atoms. The number of carbonyl (C=O) groups excluding carboxylic acids is 1. The lowest BCUT2D eigenvalue weighted by Crippen LogP contribution is -2.47. The van der Waals surface area contributed by atoms with Gasteiger partial charge in [-0.25, -0.2) is 0 Å². The fourth-order valence-corrected chi connectivity index (χ4v) is 1.68. The van der Waals surface area contributed by atoms with Gasteiger partial charge in [0, 0.05) is 12.6 Å². The fourth-order valence-electron chi connectivity index (χ4n) is 1.68. The van der Waals surface area contributed by atoms with E-state index in [-0.39, 0.29) is 11.9 Å². The summed E-state index contributed by atoms with van der Waals surface area (Å²) in [5.41, 5.74) is 6.09. The standard InChI is InChI=1S/C14H22N2O/c1-4-12(10-15)16-13(17)14(2,3)11-8-6-5-7-9-11/h5-9,12H,4,10,15H2,1-3H3,(H,16,17). The summed E-state index contributed by atoms with van der Waals surface area (Å²) in [6, 6.07) is 9.86. The average molecular weight is 234 g/mol. The van der Waals surface area contributed by atoms with Crippen LogP contribution in [0.5, 0.6) is 0 Å². The molecule has 1 rings (SSSR count). The first-order valence-corrected chi connectivity index (χ1v) is 6.09. The maximum atomic E-state index is 12.2. The van der Waals surface area contributed by atoms with E-state index in [0.717, 1.165) is 12.0 Å². The van der Waals surface area contributed by atoms with Gasteiger partial charge < -0.3 is 11.1 Å². The molecule has 94 valence electrons. The van der Waals surface area contributed by atoms with Crippen LogP contribution in [0, 0.1) is 0 Å². The van der Waals surface area contributed by atoms with Gasteiger partial charge in [0.1, 0.15) is 0 Å². The smallest absolute Gasteiger partial charge is 0.230 e. The molecule has 1 aromatic rings. The predicted octanol–water partition coefficient (Wildman–Crippen LogP) is 1.82. The third-order valence-corrected chi connectivity index (χ3v) is 3.18. The molecule has 0 aliphatic carbocycles. The number of carbonyl (C=O) groups is 1. The summed E-state index contributed by atoms with van der Waals surface area (Å²) in [6.07, 6.45) is 0.854. The van der Waals surface area contributed by atoms with Crippen molar-refractivity contribution < 1.29 is 4.79 Å². The monoisotopic (exact) mass is 234 g/mol. The minimum absolute atomic E-state index is 0.0287. The second-order valence-electron chi connectivity index (χ2n) is 4.81. The van der Waals surface area contributed by atoms with Crippen molar-refractivity contribution in [3.8, 4) is 0 Å². The molecule has 17 heavy (non-hydrogen) atoms. The van der Waals surface area contributed by atoms with Gasteiger partial charge in [-0.2, -0.15) is 0 Å². The predicted molar refractivity (Wildman–Crippen MR) is 70.7 cm³/mol. The summed E-state index contributed by atoms with van der Waals surface area (Å²) in [4.78, 5) is 12.2. The van der Waals surface area contributed by atoms with E-state index in [1.807, 2.05) is 51.1 Å². The van der Waals surface area contributed by atoms with Gasteiger partial charge in [0.2, 0.25) is 5.91 Å². The van der Waals surface area contributed by atoms with Gasteiger partial charge in [-0.3, -0.25) is 4.79 Å². The SMILES string of the molecule is CCC(CN)NC(=O)C(C)(C)c1ccccc1.